The number of aromatic nitrogens is 2. The van der Waals surface area contributed by atoms with E-state index in [0.717, 1.165) is 25.1 Å². The Labute approximate surface area is 104 Å². The van der Waals surface area contributed by atoms with Gasteiger partial charge in [0.15, 0.2) is 0 Å². The van der Waals surface area contributed by atoms with E-state index < -0.39 is 5.60 Å². The van der Waals surface area contributed by atoms with Crippen molar-refractivity contribution in [1.82, 2.24) is 15.1 Å². The molecule has 0 aromatic carbocycles. The fraction of sp³-hybridized carbons (Fsp3) is 0.769. The second-order valence-corrected chi connectivity index (χ2v) is 5.24. The fourth-order valence-electron chi connectivity index (χ4n) is 1.83. The Morgan fingerprint density at radius 3 is 2.76 bits per heavy atom. The minimum atomic E-state index is -0.663. The molecule has 1 heterocycles. The molecular weight excluding hydrogens is 214 g/mol. The number of aryl methyl sites for hydroxylation is 1. The molecule has 1 atom stereocenters. The summed E-state index contributed by atoms with van der Waals surface area (Å²) in [5, 5.41) is 17.8. The molecule has 4 heteroatoms. The molecule has 98 valence electrons. The summed E-state index contributed by atoms with van der Waals surface area (Å²) in [4.78, 5) is 0. The van der Waals surface area contributed by atoms with Gasteiger partial charge in [-0.05, 0) is 32.4 Å². The van der Waals surface area contributed by atoms with Gasteiger partial charge in [-0.25, -0.2) is 0 Å². The Hall–Kier alpha value is -0.870. The molecule has 0 radical (unpaired) electrons. The number of rotatable bonds is 7. The van der Waals surface area contributed by atoms with E-state index in [-0.39, 0.29) is 0 Å². The lowest BCUT2D eigenvalue weighted by molar-refractivity contribution is 0.0510. The molecule has 17 heavy (non-hydrogen) atoms. The Balaban J connectivity index is 2.42. The number of nitrogens with zero attached hydrogens (tertiary/aromatic N) is 2. The molecule has 1 rings (SSSR count). The van der Waals surface area contributed by atoms with Crippen LogP contribution < -0.4 is 5.32 Å². The Morgan fingerprint density at radius 2 is 2.24 bits per heavy atom. The van der Waals surface area contributed by atoms with E-state index in [1.54, 1.807) is 0 Å². The third kappa shape index (κ3) is 5.33. The van der Waals surface area contributed by atoms with Gasteiger partial charge in [0, 0.05) is 25.2 Å². The first kappa shape index (κ1) is 14.2. The van der Waals surface area contributed by atoms with Crippen molar-refractivity contribution in [3.63, 3.8) is 0 Å². The highest BCUT2D eigenvalue weighted by atomic mass is 16.3. The van der Waals surface area contributed by atoms with E-state index in [4.69, 9.17) is 0 Å². The van der Waals surface area contributed by atoms with Crippen LogP contribution in [0.25, 0.3) is 0 Å². The van der Waals surface area contributed by atoms with Gasteiger partial charge in [-0.1, -0.05) is 13.8 Å². The third-order valence-corrected chi connectivity index (χ3v) is 2.81. The van der Waals surface area contributed by atoms with Gasteiger partial charge in [-0.2, -0.15) is 5.10 Å². The molecule has 1 unspecified atom stereocenters. The van der Waals surface area contributed by atoms with Crippen molar-refractivity contribution >= 4 is 0 Å². The average molecular weight is 239 g/mol. The summed E-state index contributed by atoms with van der Waals surface area (Å²) in [5.41, 5.74) is 0.435. The molecule has 2 N–H and O–H groups in total. The van der Waals surface area contributed by atoms with Crippen molar-refractivity contribution in [3.8, 4) is 0 Å². The van der Waals surface area contributed by atoms with Gasteiger partial charge < -0.3 is 10.4 Å². The van der Waals surface area contributed by atoms with Crippen molar-refractivity contribution in [3.05, 3.63) is 18.0 Å². The van der Waals surface area contributed by atoms with Crippen LogP contribution in [0.1, 0.15) is 39.7 Å². The molecule has 0 aliphatic carbocycles. The van der Waals surface area contributed by atoms with Crippen LogP contribution in [0.5, 0.6) is 0 Å². The predicted molar refractivity (Wildman–Crippen MR) is 70.0 cm³/mol. The highest BCUT2D eigenvalue weighted by molar-refractivity contribution is 5.07. The zero-order valence-corrected chi connectivity index (χ0v) is 11.4. The van der Waals surface area contributed by atoms with Crippen molar-refractivity contribution in [2.24, 2.45) is 0 Å². The lowest BCUT2D eigenvalue weighted by atomic mass is 9.95. The van der Waals surface area contributed by atoms with Gasteiger partial charge in [0.2, 0.25) is 0 Å². The molecule has 1 aromatic heterocycles. The van der Waals surface area contributed by atoms with E-state index in [1.165, 1.54) is 0 Å². The number of hydrogen-bond acceptors (Lipinski definition) is 3. The van der Waals surface area contributed by atoms with Crippen LogP contribution >= 0.6 is 0 Å². The summed E-state index contributed by atoms with van der Waals surface area (Å²) in [6.45, 7) is 9.88. The quantitative estimate of drug-likeness (QED) is 0.759. The minimum Gasteiger partial charge on any atom is -0.390 e. The monoisotopic (exact) mass is 239 g/mol. The lowest BCUT2D eigenvalue weighted by Crippen LogP contribution is -2.34. The molecule has 0 saturated carbocycles. The summed E-state index contributed by atoms with van der Waals surface area (Å²) < 4.78 is 1.89. The highest BCUT2D eigenvalue weighted by Gasteiger charge is 2.21. The van der Waals surface area contributed by atoms with Gasteiger partial charge >= 0.3 is 0 Å². The van der Waals surface area contributed by atoms with Crippen LogP contribution in [-0.4, -0.2) is 33.1 Å². The number of nitrogens with one attached hydrogen (secondary N) is 1. The highest BCUT2D eigenvalue weighted by Crippen LogP contribution is 2.16. The molecule has 1 aromatic rings. The van der Waals surface area contributed by atoms with E-state index in [0.29, 0.717) is 12.5 Å². The Bertz CT molecular complexity index is 331. The van der Waals surface area contributed by atoms with Gasteiger partial charge in [0.05, 0.1) is 11.8 Å². The first-order chi connectivity index (χ1) is 7.93. The van der Waals surface area contributed by atoms with Crippen molar-refractivity contribution in [1.29, 1.82) is 0 Å². The van der Waals surface area contributed by atoms with Crippen LogP contribution in [-0.2, 0) is 13.0 Å². The molecule has 0 saturated heterocycles. The lowest BCUT2D eigenvalue weighted by Gasteiger charge is -2.23. The summed E-state index contributed by atoms with van der Waals surface area (Å²) in [6.07, 6.45) is 5.26. The van der Waals surface area contributed by atoms with Crippen molar-refractivity contribution in [2.75, 3.05) is 6.54 Å². The molecule has 0 spiro atoms. The van der Waals surface area contributed by atoms with E-state index in [2.05, 4.69) is 31.2 Å². The third-order valence-electron chi connectivity index (χ3n) is 2.81. The van der Waals surface area contributed by atoms with Crippen LogP contribution in [0, 0.1) is 0 Å². The normalized spacial score (nSPS) is 15.2. The van der Waals surface area contributed by atoms with Gasteiger partial charge in [-0.3, -0.25) is 4.68 Å². The molecule has 0 fully saturated rings. The Kier molecular flexibility index (Phi) is 5.15. The zero-order chi connectivity index (χ0) is 12.9. The van der Waals surface area contributed by atoms with Crippen LogP contribution in [0.4, 0.5) is 0 Å². The van der Waals surface area contributed by atoms with Crippen LogP contribution in [0.15, 0.2) is 12.4 Å². The smallest absolute Gasteiger partial charge is 0.0673 e. The first-order valence-electron chi connectivity index (χ1n) is 6.40. The van der Waals surface area contributed by atoms with Crippen LogP contribution in [0.2, 0.25) is 0 Å². The molecule has 0 amide bonds. The van der Waals surface area contributed by atoms with E-state index in [9.17, 15) is 5.11 Å². The SMILES string of the molecule is CCn1cc(CC(C)(O)CCNC(C)C)cn1. The molecular formula is C13H25N3O. The van der Waals surface area contributed by atoms with Crippen molar-refractivity contribution in [2.45, 2.75) is 58.7 Å². The van der Waals surface area contributed by atoms with Crippen LogP contribution in [0.3, 0.4) is 0 Å². The van der Waals surface area contributed by atoms with E-state index >= 15 is 0 Å². The summed E-state index contributed by atoms with van der Waals surface area (Å²) in [6, 6.07) is 0.466. The maximum absolute atomic E-state index is 10.3. The van der Waals surface area contributed by atoms with Crippen molar-refractivity contribution < 1.29 is 5.11 Å². The van der Waals surface area contributed by atoms with E-state index in [1.807, 2.05) is 24.0 Å². The first-order valence-corrected chi connectivity index (χ1v) is 6.40. The maximum atomic E-state index is 10.3. The van der Waals surface area contributed by atoms with Gasteiger partial charge in [0.1, 0.15) is 0 Å². The molecule has 0 bridgehead atoms. The van der Waals surface area contributed by atoms with Gasteiger partial charge in [0.25, 0.3) is 0 Å². The standard InChI is InChI=1S/C13H25N3O/c1-5-16-10-12(9-15-16)8-13(4,17)6-7-14-11(2)3/h9-11,14,17H,5-8H2,1-4H3. The average Bonchev–Trinajstić information content (AvgIpc) is 2.63. The fourth-order valence-corrected chi connectivity index (χ4v) is 1.83. The minimum absolute atomic E-state index is 0.466. The number of aliphatic hydroxyl groups is 1. The predicted octanol–water partition coefficient (Wildman–Crippen LogP) is 1.58. The topological polar surface area (TPSA) is 50.1 Å². The Morgan fingerprint density at radius 1 is 1.53 bits per heavy atom. The molecule has 0 aliphatic heterocycles. The second kappa shape index (κ2) is 6.17. The molecule has 4 nitrogen and oxygen atoms in total. The number of hydrogen-bond donors (Lipinski definition) is 2. The summed E-state index contributed by atoms with van der Waals surface area (Å²) in [7, 11) is 0. The summed E-state index contributed by atoms with van der Waals surface area (Å²) in [5.74, 6) is 0. The largest absolute Gasteiger partial charge is 0.390 e. The molecule has 0 aliphatic rings. The van der Waals surface area contributed by atoms with Gasteiger partial charge in [-0.15, -0.1) is 0 Å². The maximum Gasteiger partial charge on any atom is 0.0673 e. The summed E-state index contributed by atoms with van der Waals surface area (Å²) >= 11 is 0. The second-order valence-electron chi connectivity index (χ2n) is 5.24. The zero-order valence-electron chi connectivity index (χ0n) is 11.4.